The van der Waals surface area contributed by atoms with Crippen LogP contribution in [0.2, 0.25) is 0 Å². The van der Waals surface area contributed by atoms with E-state index in [1.165, 1.54) is 0 Å². The fraction of sp³-hybridized carbons (Fsp3) is 0.176. The number of nitrogens with two attached hydrogens (primary N) is 1. The minimum atomic E-state index is 0.428. The van der Waals surface area contributed by atoms with Crippen molar-refractivity contribution in [3.05, 3.63) is 65.4 Å². The summed E-state index contributed by atoms with van der Waals surface area (Å²) in [7, 11) is 0. The molecule has 102 valence electrons. The molecule has 2 N–H and O–H groups in total. The number of furan rings is 1. The van der Waals surface area contributed by atoms with Crippen LogP contribution in [0.25, 0.3) is 11.0 Å². The highest BCUT2D eigenvalue weighted by Gasteiger charge is 2.06. The Labute approximate surface area is 118 Å². The van der Waals surface area contributed by atoms with E-state index in [2.05, 4.69) is 6.07 Å². The van der Waals surface area contributed by atoms with Crippen LogP contribution in [0.3, 0.4) is 0 Å². The first-order chi connectivity index (χ1) is 9.76. The predicted molar refractivity (Wildman–Crippen MR) is 79.6 cm³/mol. The fourth-order valence-corrected chi connectivity index (χ4v) is 2.21. The first kappa shape index (κ1) is 12.8. The molecular weight excluding hydrogens is 250 g/mol. The number of fused-ring (bicyclic) bond motifs is 1. The molecule has 1 aromatic heterocycles. The zero-order valence-electron chi connectivity index (χ0n) is 11.4. The maximum Gasteiger partial charge on any atom is 0.146 e. The quantitative estimate of drug-likeness (QED) is 0.782. The van der Waals surface area contributed by atoms with E-state index in [1.54, 1.807) is 0 Å². The molecule has 3 aromatic rings. The van der Waals surface area contributed by atoms with Crippen LogP contribution in [0.5, 0.6) is 5.75 Å². The Balaban J connectivity index is 1.79. The lowest BCUT2D eigenvalue weighted by atomic mass is 10.1. The average molecular weight is 267 g/mol. The van der Waals surface area contributed by atoms with Crippen molar-refractivity contribution in [2.75, 3.05) is 0 Å². The van der Waals surface area contributed by atoms with Crippen LogP contribution >= 0.6 is 0 Å². The van der Waals surface area contributed by atoms with E-state index in [9.17, 15) is 0 Å². The van der Waals surface area contributed by atoms with Gasteiger partial charge in [0.1, 0.15) is 23.7 Å². The summed E-state index contributed by atoms with van der Waals surface area (Å²) in [5.74, 6) is 1.70. The Morgan fingerprint density at radius 3 is 2.75 bits per heavy atom. The summed E-state index contributed by atoms with van der Waals surface area (Å²) in [6, 6.07) is 16.0. The predicted octanol–water partition coefficient (Wildman–Crippen LogP) is 3.78. The van der Waals surface area contributed by atoms with Crippen molar-refractivity contribution in [2.24, 2.45) is 5.73 Å². The van der Waals surface area contributed by atoms with Gasteiger partial charge in [0.25, 0.3) is 0 Å². The van der Waals surface area contributed by atoms with Crippen LogP contribution in [-0.4, -0.2) is 0 Å². The molecule has 3 heteroatoms. The molecule has 2 aromatic carbocycles. The van der Waals surface area contributed by atoms with Crippen LogP contribution in [0.1, 0.15) is 16.9 Å². The number of aryl methyl sites for hydroxylation is 1. The van der Waals surface area contributed by atoms with E-state index in [-0.39, 0.29) is 0 Å². The van der Waals surface area contributed by atoms with Crippen molar-refractivity contribution >= 4 is 11.0 Å². The monoisotopic (exact) mass is 267 g/mol. The second-order valence-electron chi connectivity index (χ2n) is 4.84. The number of rotatable bonds is 4. The van der Waals surface area contributed by atoms with Gasteiger partial charge in [0.05, 0.1) is 0 Å². The highest BCUT2D eigenvalue weighted by molar-refractivity contribution is 5.78. The largest absolute Gasteiger partial charge is 0.485 e. The number of hydrogen-bond acceptors (Lipinski definition) is 3. The Morgan fingerprint density at radius 1 is 1.10 bits per heavy atom. The molecular formula is C17H17NO2. The highest BCUT2D eigenvalue weighted by Crippen LogP contribution is 2.23. The minimum absolute atomic E-state index is 0.428. The van der Waals surface area contributed by atoms with Crippen LogP contribution in [0, 0.1) is 6.92 Å². The summed E-state index contributed by atoms with van der Waals surface area (Å²) in [6.07, 6.45) is 0. The van der Waals surface area contributed by atoms with Crippen molar-refractivity contribution in [1.29, 1.82) is 0 Å². The van der Waals surface area contributed by atoms with Gasteiger partial charge >= 0.3 is 0 Å². The van der Waals surface area contributed by atoms with E-state index in [4.69, 9.17) is 14.9 Å². The zero-order chi connectivity index (χ0) is 13.9. The molecule has 0 spiro atoms. The Bertz CT molecular complexity index is 731. The van der Waals surface area contributed by atoms with Gasteiger partial charge in [-0.05, 0) is 42.3 Å². The van der Waals surface area contributed by atoms with Crippen LogP contribution in [-0.2, 0) is 13.2 Å². The molecule has 0 amide bonds. The third-order valence-corrected chi connectivity index (χ3v) is 3.33. The molecule has 0 aliphatic rings. The average Bonchev–Trinajstić information content (AvgIpc) is 2.88. The number of ether oxygens (including phenoxy) is 1. The van der Waals surface area contributed by atoms with E-state index < -0.39 is 0 Å². The van der Waals surface area contributed by atoms with Gasteiger partial charge in [0, 0.05) is 11.9 Å². The molecule has 20 heavy (non-hydrogen) atoms. The molecule has 0 aliphatic heterocycles. The van der Waals surface area contributed by atoms with Gasteiger partial charge in [-0.1, -0.05) is 24.3 Å². The maximum absolute atomic E-state index is 5.79. The van der Waals surface area contributed by atoms with Gasteiger partial charge in [-0.25, -0.2) is 0 Å². The first-order valence-electron chi connectivity index (χ1n) is 6.66. The molecule has 1 heterocycles. The molecule has 0 unspecified atom stereocenters. The van der Waals surface area contributed by atoms with Gasteiger partial charge in [0.15, 0.2) is 0 Å². The van der Waals surface area contributed by atoms with Crippen LogP contribution in [0.15, 0.2) is 52.9 Å². The van der Waals surface area contributed by atoms with Gasteiger partial charge in [-0.3, -0.25) is 0 Å². The second-order valence-corrected chi connectivity index (χ2v) is 4.84. The van der Waals surface area contributed by atoms with Crippen molar-refractivity contribution in [2.45, 2.75) is 20.1 Å². The molecule has 3 nitrogen and oxygen atoms in total. The highest BCUT2D eigenvalue weighted by atomic mass is 16.5. The summed E-state index contributed by atoms with van der Waals surface area (Å²) >= 11 is 0. The zero-order valence-corrected chi connectivity index (χ0v) is 11.4. The van der Waals surface area contributed by atoms with Crippen LogP contribution < -0.4 is 10.5 Å². The van der Waals surface area contributed by atoms with Crippen LogP contribution in [0.4, 0.5) is 0 Å². The third-order valence-electron chi connectivity index (χ3n) is 3.33. The van der Waals surface area contributed by atoms with E-state index in [0.717, 1.165) is 33.6 Å². The van der Waals surface area contributed by atoms with E-state index >= 15 is 0 Å². The summed E-state index contributed by atoms with van der Waals surface area (Å²) in [5.41, 5.74) is 8.73. The lowest BCUT2D eigenvalue weighted by Gasteiger charge is -2.06. The SMILES string of the molecule is Cc1ccccc1OCc1cc2cc(CN)ccc2o1. The molecule has 0 saturated heterocycles. The normalized spacial score (nSPS) is 10.9. The molecule has 0 aliphatic carbocycles. The summed E-state index contributed by atoms with van der Waals surface area (Å²) in [5, 5.41) is 1.07. The van der Waals surface area contributed by atoms with Crippen molar-refractivity contribution in [3.8, 4) is 5.75 Å². The molecule has 0 radical (unpaired) electrons. The molecule has 0 atom stereocenters. The maximum atomic E-state index is 5.79. The standard InChI is InChI=1S/C17H17NO2/c1-12-4-2-3-5-16(12)19-11-15-9-14-8-13(10-18)6-7-17(14)20-15/h2-9H,10-11,18H2,1H3. The Kier molecular flexibility index (Phi) is 3.44. The van der Waals surface area contributed by atoms with Crippen molar-refractivity contribution < 1.29 is 9.15 Å². The number of hydrogen-bond donors (Lipinski definition) is 1. The molecule has 0 bridgehead atoms. The molecule has 0 saturated carbocycles. The minimum Gasteiger partial charge on any atom is -0.485 e. The smallest absolute Gasteiger partial charge is 0.146 e. The van der Waals surface area contributed by atoms with Gasteiger partial charge in [0.2, 0.25) is 0 Å². The lowest BCUT2D eigenvalue weighted by molar-refractivity contribution is 0.273. The van der Waals surface area contributed by atoms with Crippen molar-refractivity contribution in [1.82, 2.24) is 0 Å². The summed E-state index contributed by atoms with van der Waals surface area (Å²) in [6.45, 7) is 3.00. The fourth-order valence-electron chi connectivity index (χ4n) is 2.21. The number of benzene rings is 2. The third kappa shape index (κ3) is 2.53. The molecule has 3 rings (SSSR count). The topological polar surface area (TPSA) is 48.4 Å². The molecule has 0 fully saturated rings. The Morgan fingerprint density at radius 2 is 1.95 bits per heavy atom. The Hall–Kier alpha value is -2.26. The summed E-state index contributed by atoms with van der Waals surface area (Å²) < 4.78 is 11.6. The summed E-state index contributed by atoms with van der Waals surface area (Å²) in [4.78, 5) is 0. The number of para-hydroxylation sites is 1. The van der Waals surface area contributed by atoms with Gasteiger partial charge in [-0.15, -0.1) is 0 Å². The van der Waals surface area contributed by atoms with Crippen molar-refractivity contribution in [3.63, 3.8) is 0 Å². The van der Waals surface area contributed by atoms with E-state index in [0.29, 0.717) is 13.2 Å². The van der Waals surface area contributed by atoms with Gasteiger partial charge < -0.3 is 14.9 Å². The van der Waals surface area contributed by atoms with Gasteiger partial charge in [-0.2, -0.15) is 0 Å². The van der Waals surface area contributed by atoms with E-state index in [1.807, 2.05) is 49.4 Å². The lowest BCUT2D eigenvalue weighted by Crippen LogP contribution is -1.95. The second kappa shape index (κ2) is 5.39. The first-order valence-corrected chi connectivity index (χ1v) is 6.66.